The smallest absolute Gasteiger partial charge is 0.326 e. The van der Waals surface area contributed by atoms with Crippen molar-refractivity contribution in [3.8, 4) is 0 Å². The molecule has 0 bridgehead atoms. The molecule has 4 unspecified atom stereocenters. The normalized spacial score (nSPS) is 14.5. The van der Waals surface area contributed by atoms with Crippen LogP contribution in [0.4, 0.5) is 0 Å². The summed E-state index contributed by atoms with van der Waals surface area (Å²) in [4.78, 5) is 70.2. The number of nitrogens with two attached hydrogens (primary N) is 2. The zero-order chi connectivity index (χ0) is 25.0. The van der Waals surface area contributed by atoms with Crippen molar-refractivity contribution < 1.29 is 39.0 Å². The monoisotopic (exact) mass is 477 g/mol. The molecule has 9 N–H and O–H groups in total. The zero-order valence-corrected chi connectivity index (χ0v) is 18.8. The molecule has 0 spiro atoms. The van der Waals surface area contributed by atoms with E-state index in [-0.39, 0.29) is 30.9 Å². The van der Waals surface area contributed by atoms with E-state index in [2.05, 4.69) is 28.6 Å². The van der Waals surface area contributed by atoms with Crippen LogP contribution >= 0.6 is 12.6 Å². The van der Waals surface area contributed by atoms with Gasteiger partial charge >= 0.3 is 11.9 Å². The highest BCUT2D eigenvalue weighted by Gasteiger charge is 2.31. The van der Waals surface area contributed by atoms with Crippen molar-refractivity contribution in [1.29, 1.82) is 0 Å². The molecule has 0 radical (unpaired) electrons. The van der Waals surface area contributed by atoms with Crippen LogP contribution in [0.15, 0.2) is 0 Å². The number of carbonyl (C=O) groups is 6. The Balaban J connectivity index is 5.25. The highest BCUT2D eigenvalue weighted by Crippen LogP contribution is 2.07. The predicted molar refractivity (Wildman–Crippen MR) is 115 cm³/mol. The summed E-state index contributed by atoms with van der Waals surface area (Å²) in [5.41, 5.74) is 10.7. The van der Waals surface area contributed by atoms with E-state index in [0.29, 0.717) is 0 Å². The summed E-state index contributed by atoms with van der Waals surface area (Å²) in [7, 11) is 0. The average molecular weight is 478 g/mol. The number of thiol groups is 1. The SMILES string of the molecule is CC(C)CC(NC(=O)C(CS)NC(=O)C(N)CCC(N)=O)C(=O)NC(CC(=O)O)C(=O)O. The number of hydrogen-bond acceptors (Lipinski definition) is 8. The van der Waals surface area contributed by atoms with Crippen molar-refractivity contribution in [2.75, 3.05) is 5.75 Å². The molecule has 0 rings (SSSR count). The first-order valence-electron chi connectivity index (χ1n) is 9.78. The van der Waals surface area contributed by atoms with Crippen molar-refractivity contribution in [2.45, 2.75) is 63.7 Å². The lowest BCUT2D eigenvalue weighted by atomic mass is 10.0. The van der Waals surface area contributed by atoms with Gasteiger partial charge in [-0.1, -0.05) is 13.8 Å². The molecule has 32 heavy (non-hydrogen) atoms. The van der Waals surface area contributed by atoms with Crippen LogP contribution in [-0.2, 0) is 28.8 Å². The lowest BCUT2D eigenvalue weighted by molar-refractivity contribution is -0.147. The lowest BCUT2D eigenvalue weighted by Crippen LogP contribution is -2.58. The van der Waals surface area contributed by atoms with Gasteiger partial charge in [-0.3, -0.25) is 24.0 Å². The van der Waals surface area contributed by atoms with Gasteiger partial charge in [0.25, 0.3) is 0 Å². The maximum atomic E-state index is 12.6. The van der Waals surface area contributed by atoms with Crippen LogP contribution < -0.4 is 27.4 Å². The van der Waals surface area contributed by atoms with Crippen LogP contribution in [-0.4, -0.2) is 75.7 Å². The van der Waals surface area contributed by atoms with Crippen molar-refractivity contribution in [3.05, 3.63) is 0 Å². The number of amides is 4. The number of primary amides is 1. The zero-order valence-electron chi connectivity index (χ0n) is 17.9. The Kier molecular flexibility index (Phi) is 13.0. The summed E-state index contributed by atoms with van der Waals surface area (Å²) < 4.78 is 0. The minimum absolute atomic E-state index is 0.0272. The minimum atomic E-state index is -1.69. The van der Waals surface area contributed by atoms with Crippen LogP contribution in [0.2, 0.25) is 0 Å². The molecule has 0 aromatic carbocycles. The van der Waals surface area contributed by atoms with E-state index >= 15 is 0 Å². The van der Waals surface area contributed by atoms with Gasteiger partial charge in [0, 0.05) is 12.2 Å². The van der Waals surface area contributed by atoms with E-state index in [1.54, 1.807) is 13.8 Å². The minimum Gasteiger partial charge on any atom is -0.481 e. The highest BCUT2D eigenvalue weighted by atomic mass is 32.1. The molecule has 0 saturated carbocycles. The van der Waals surface area contributed by atoms with E-state index in [1.807, 2.05) is 0 Å². The Morgan fingerprint density at radius 1 is 0.875 bits per heavy atom. The number of rotatable bonds is 15. The van der Waals surface area contributed by atoms with Crippen LogP contribution in [0.3, 0.4) is 0 Å². The van der Waals surface area contributed by atoms with Gasteiger partial charge in [-0.25, -0.2) is 4.79 Å². The third-order valence-corrected chi connectivity index (χ3v) is 4.55. The Hall–Kier alpha value is -2.87. The molecule has 0 saturated heterocycles. The van der Waals surface area contributed by atoms with Gasteiger partial charge in [-0.05, 0) is 18.8 Å². The summed E-state index contributed by atoms with van der Waals surface area (Å²) in [6.07, 6.45) is -0.880. The van der Waals surface area contributed by atoms with Crippen molar-refractivity contribution in [1.82, 2.24) is 16.0 Å². The molecule has 4 amide bonds. The van der Waals surface area contributed by atoms with E-state index in [0.717, 1.165) is 0 Å². The van der Waals surface area contributed by atoms with E-state index < -0.39 is 66.2 Å². The molecule has 4 atom stereocenters. The summed E-state index contributed by atoms with van der Waals surface area (Å²) in [6, 6.07) is -5.15. The number of carboxylic acids is 2. The van der Waals surface area contributed by atoms with Crippen molar-refractivity contribution in [3.63, 3.8) is 0 Å². The van der Waals surface area contributed by atoms with Crippen molar-refractivity contribution >= 4 is 48.2 Å². The summed E-state index contributed by atoms with van der Waals surface area (Å²) in [5, 5.41) is 24.8. The lowest BCUT2D eigenvalue weighted by Gasteiger charge is -2.25. The van der Waals surface area contributed by atoms with Gasteiger partial charge in [0.05, 0.1) is 12.5 Å². The molecule has 13 nitrogen and oxygen atoms in total. The van der Waals surface area contributed by atoms with Gasteiger partial charge in [0.2, 0.25) is 23.6 Å². The second-order valence-electron chi connectivity index (χ2n) is 7.54. The molecule has 0 aromatic rings. The van der Waals surface area contributed by atoms with Gasteiger partial charge in [0.1, 0.15) is 18.1 Å². The van der Waals surface area contributed by atoms with Crippen LogP contribution in [0, 0.1) is 5.92 Å². The molecule has 14 heteroatoms. The second-order valence-corrected chi connectivity index (χ2v) is 7.91. The number of aliphatic carboxylic acids is 2. The third-order valence-electron chi connectivity index (χ3n) is 4.19. The van der Waals surface area contributed by atoms with Crippen LogP contribution in [0.25, 0.3) is 0 Å². The van der Waals surface area contributed by atoms with Crippen LogP contribution in [0.5, 0.6) is 0 Å². The topological polar surface area (TPSA) is 231 Å². The average Bonchev–Trinajstić information content (AvgIpc) is 2.67. The molecule has 0 aromatic heterocycles. The molecular weight excluding hydrogens is 446 g/mol. The van der Waals surface area contributed by atoms with E-state index in [1.165, 1.54) is 0 Å². The predicted octanol–water partition coefficient (Wildman–Crippen LogP) is -2.43. The fraction of sp³-hybridized carbons (Fsp3) is 0.667. The summed E-state index contributed by atoms with van der Waals surface area (Å²) >= 11 is 4.01. The molecule has 0 fully saturated rings. The fourth-order valence-electron chi connectivity index (χ4n) is 2.52. The first kappa shape index (κ1) is 29.1. The molecule has 0 aliphatic carbocycles. The third kappa shape index (κ3) is 11.5. The number of nitrogens with one attached hydrogen (secondary N) is 3. The first-order valence-corrected chi connectivity index (χ1v) is 10.4. The van der Waals surface area contributed by atoms with Crippen LogP contribution in [0.1, 0.15) is 39.5 Å². The maximum absolute atomic E-state index is 12.6. The largest absolute Gasteiger partial charge is 0.481 e. The van der Waals surface area contributed by atoms with E-state index in [9.17, 15) is 28.8 Å². The van der Waals surface area contributed by atoms with Gasteiger partial charge in [0.15, 0.2) is 0 Å². The fourth-order valence-corrected chi connectivity index (χ4v) is 2.78. The van der Waals surface area contributed by atoms with Gasteiger partial charge in [-0.15, -0.1) is 0 Å². The maximum Gasteiger partial charge on any atom is 0.326 e. The Morgan fingerprint density at radius 3 is 1.81 bits per heavy atom. The van der Waals surface area contributed by atoms with Crippen molar-refractivity contribution in [2.24, 2.45) is 17.4 Å². The van der Waals surface area contributed by atoms with E-state index in [4.69, 9.17) is 21.7 Å². The second kappa shape index (κ2) is 14.2. The highest BCUT2D eigenvalue weighted by molar-refractivity contribution is 7.80. The first-order chi connectivity index (χ1) is 14.8. The molecule has 0 aliphatic heterocycles. The standard InChI is InChI=1S/C18H31N5O8S/c1-8(2)5-10(16(28)22-11(18(30)31)6-14(25)26)21-17(29)12(7-32)23-15(27)9(19)3-4-13(20)24/h8-12,32H,3-7,19H2,1-2H3,(H2,20,24)(H,21,29)(H,22,28)(H,23,27)(H,25,26)(H,30,31). The summed E-state index contributed by atoms with van der Waals surface area (Å²) in [5.74, 6) is -6.23. The Morgan fingerprint density at radius 2 is 1.38 bits per heavy atom. The Bertz CT molecular complexity index is 717. The molecule has 182 valence electrons. The number of hydrogen-bond donors (Lipinski definition) is 8. The number of carboxylic acid groups (broad SMARTS) is 2. The molecule has 0 heterocycles. The van der Waals surface area contributed by atoms with Gasteiger partial charge in [-0.2, -0.15) is 12.6 Å². The Labute approximate surface area is 190 Å². The quantitative estimate of drug-likeness (QED) is 0.117. The van der Waals surface area contributed by atoms with Gasteiger partial charge < -0.3 is 37.6 Å². The molecular formula is C18H31N5O8S. The number of carbonyl (C=O) groups excluding carboxylic acids is 4. The molecule has 0 aliphatic rings. The summed E-state index contributed by atoms with van der Waals surface area (Å²) in [6.45, 7) is 3.52.